The third-order valence-electron chi connectivity index (χ3n) is 3.55. The Hall–Kier alpha value is -1.51. The lowest BCUT2D eigenvalue weighted by Crippen LogP contribution is -2.31. The molecule has 21 heavy (non-hydrogen) atoms. The normalized spacial score (nSPS) is 19.7. The summed E-state index contributed by atoms with van der Waals surface area (Å²) in [6.07, 6.45) is 0.671. The average Bonchev–Trinajstić information content (AvgIpc) is 2.95. The molecule has 1 aliphatic rings. The maximum atomic E-state index is 13.3. The number of methoxy groups -OCH3 is 1. The molecule has 0 bridgehead atoms. The predicted octanol–water partition coefficient (Wildman–Crippen LogP) is 0.582. The number of carbonyl (C=O) groups excluding carboxylic acids is 1. The van der Waals surface area contributed by atoms with Gasteiger partial charge in [-0.15, -0.1) is 0 Å². The lowest BCUT2D eigenvalue weighted by Gasteiger charge is -2.18. The predicted molar refractivity (Wildman–Crippen MR) is 73.7 cm³/mol. The van der Waals surface area contributed by atoms with Crippen molar-refractivity contribution in [2.24, 2.45) is 11.7 Å². The Morgan fingerprint density at radius 1 is 1.52 bits per heavy atom. The largest absolute Gasteiger partial charge is 0.465 e. The quantitative estimate of drug-likeness (QED) is 0.821. The van der Waals surface area contributed by atoms with E-state index in [2.05, 4.69) is 4.74 Å². The van der Waals surface area contributed by atoms with Crippen molar-refractivity contribution >= 4 is 16.0 Å². The van der Waals surface area contributed by atoms with Crippen LogP contribution in [0.15, 0.2) is 23.1 Å². The van der Waals surface area contributed by atoms with E-state index in [0.29, 0.717) is 26.1 Å². The fourth-order valence-corrected chi connectivity index (χ4v) is 4.03. The third kappa shape index (κ3) is 3.07. The number of nitrogens with two attached hydrogens (primary N) is 1. The summed E-state index contributed by atoms with van der Waals surface area (Å²) in [6.45, 7) is 1.04. The van der Waals surface area contributed by atoms with E-state index < -0.39 is 21.8 Å². The van der Waals surface area contributed by atoms with Gasteiger partial charge in [0.05, 0.1) is 17.6 Å². The number of sulfonamides is 1. The first-order chi connectivity index (χ1) is 9.90. The highest BCUT2D eigenvalue weighted by molar-refractivity contribution is 7.89. The summed E-state index contributed by atoms with van der Waals surface area (Å²) in [4.78, 5) is 11.4. The molecule has 0 radical (unpaired) electrons. The van der Waals surface area contributed by atoms with Gasteiger partial charge in [-0.3, -0.25) is 0 Å². The van der Waals surface area contributed by atoms with Crippen LogP contribution in [0.25, 0.3) is 0 Å². The molecule has 0 aliphatic carbocycles. The van der Waals surface area contributed by atoms with Crippen LogP contribution in [0.4, 0.5) is 4.39 Å². The van der Waals surface area contributed by atoms with E-state index in [1.807, 2.05) is 0 Å². The first-order valence-corrected chi connectivity index (χ1v) is 7.92. The summed E-state index contributed by atoms with van der Waals surface area (Å²) < 4.78 is 44.3. The van der Waals surface area contributed by atoms with Gasteiger partial charge < -0.3 is 10.5 Å². The summed E-state index contributed by atoms with van der Waals surface area (Å²) in [5, 5.41) is 0. The van der Waals surface area contributed by atoms with Crippen molar-refractivity contribution in [3.8, 4) is 0 Å². The van der Waals surface area contributed by atoms with Gasteiger partial charge in [-0.25, -0.2) is 17.6 Å². The van der Waals surface area contributed by atoms with Crippen molar-refractivity contribution in [3.63, 3.8) is 0 Å². The van der Waals surface area contributed by atoms with E-state index in [1.54, 1.807) is 0 Å². The smallest absolute Gasteiger partial charge is 0.339 e. The number of halogens is 1. The second-order valence-electron chi connectivity index (χ2n) is 4.89. The molecule has 2 rings (SSSR count). The van der Waals surface area contributed by atoms with Crippen LogP contribution in [0.2, 0.25) is 0 Å². The second kappa shape index (κ2) is 6.08. The molecule has 1 aliphatic heterocycles. The molecule has 1 fully saturated rings. The summed E-state index contributed by atoms with van der Waals surface area (Å²) in [7, 11) is -2.76. The molecule has 116 valence electrons. The van der Waals surface area contributed by atoms with Gasteiger partial charge in [-0.1, -0.05) is 0 Å². The highest BCUT2D eigenvalue weighted by Crippen LogP contribution is 2.27. The van der Waals surface area contributed by atoms with Crippen LogP contribution in [0, 0.1) is 11.7 Å². The molecule has 1 saturated heterocycles. The minimum Gasteiger partial charge on any atom is -0.465 e. The summed E-state index contributed by atoms with van der Waals surface area (Å²) in [5.41, 5.74) is 5.25. The van der Waals surface area contributed by atoms with Crippen LogP contribution in [0.3, 0.4) is 0 Å². The van der Waals surface area contributed by atoms with Gasteiger partial charge in [-0.2, -0.15) is 4.31 Å². The fraction of sp³-hybridized carbons (Fsp3) is 0.462. The van der Waals surface area contributed by atoms with Gasteiger partial charge in [0.15, 0.2) is 0 Å². The van der Waals surface area contributed by atoms with Crippen molar-refractivity contribution in [1.82, 2.24) is 4.31 Å². The number of benzene rings is 1. The number of nitrogens with zero attached hydrogens (tertiary/aromatic N) is 1. The van der Waals surface area contributed by atoms with Gasteiger partial charge in [0.25, 0.3) is 0 Å². The number of carbonyl (C=O) groups is 1. The van der Waals surface area contributed by atoms with Crippen LogP contribution in [-0.2, 0) is 14.8 Å². The Balaban J connectivity index is 2.43. The first kappa shape index (κ1) is 15.9. The molecule has 1 aromatic rings. The Bertz CT molecular complexity index is 648. The summed E-state index contributed by atoms with van der Waals surface area (Å²) >= 11 is 0. The lowest BCUT2D eigenvalue weighted by atomic mass is 10.1. The van der Waals surface area contributed by atoms with E-state index in [4.69, 9.17) is 5.73 Å². The fourth-order valence-electron chi connectivity index (χ4n) is 2.34. The molecule has 6 nitrogen and oxygen atoms in total. The average molecular weight is 316 g/mol. The zero-order chi connectivity index (χ0) is 15.6. The maximum Gasteiger partial charge on any atom is 0.339 e. The van der Waals surface area contributed by atoms with Crippen molar-refractivity contribution < 1.29 is 22.3 Å². The van der Waals surface area contributed by atoms with Gasteiger partial charge in [0.1, 0.15) is 5.82 Å². The maximum absolute atomic E-state index is 13.3. The molecule has 0 saturated carbocycles. The van der Waals surface area contributed by atoms with Crippen molar-refractivity contribution in [1.29, 1.82) is 0 Å². The van der Waals surface area contributed by atoms with Crippen LogP contribution in [0.1, 0.15) is 16.8 Å². The number of hydrogen-bond donors (Lipinski definition) is 1. The Morgan fingerprint density at radius 3 is 2.81 bits per heavy atom. The SMILES string of the molecule is COC(=O)c1cc(F)ccc1S(=O)(=O)N1CCC(CN)C1. The standard InChI is InChI=1S/C13H17FN2O4S/c1-20-13(17)11-6-10(14)2-3-12(11)21(18,19)16-5-4-9(7-15)8-16/h2-3,6,9H,4-5,7-8,15H2,1H3. The summed E-state index contributed by atoms with van der Waals surface area (Å²) in [5.74, 6) is -1.49. The zero-order valence-electron chi connectivity index (χ0n) is 11.6. The van der Waals surface area contributed by atoms with E-state index in [-0.39, 0.29) is 16.4 Å². The monoisotopic (exact) mass is 316 g/mol. The lowest BCUT2D eigenvalue weighted by molar-refractivity contribution is 0.0595. The third-order valence-corrected chi connectivity index (χ3v) is 5.47. The first-order valence-electron chi connectivity index (χ1n) is 6.48. The molecule has 0 spiro atoms. The Labute approximate surface area is 122 Å². The van der Waals surface area contributed by atoms with E-state index in [0.717, 1.165) is 25.3 Å². The molecule has 1 unspecified atom stereocenters. The number of rotatable bonds is 4. The van der Waals surface area contributed by atoms with Crippen molar-refractivity contribution in [2.75, 3.05) is 26.7 Å². The van der Waals surface area contributed by atoms with Gasteiger partial charge in [-0.05, 0) is 37.1 Å². The van der Waals surface area contributed by atoms with Crippen LogP contribution >= 0.6 is 0 Å². The van der Waals surface area contributed by atoms with Crippen molar-refractivity contribution in [3.05, 3.63) is 29.6 Å². The molecule has 1 aromatic carbocycles. The number of esters is 1. The van der Waals surface area contributed by atoms with Crippen LogP contribution < -0.4 is 5.73 Å². The molecule has 0 amide bonds. The van der Waals surface area contributed by atoms with Gasteiger partial charge in [0, 0.05) is 13.1 Å². The highest BCUT2D eigenvalue weighted by atomic mass is 32.2. The van der Waals surface area contributed by atoms with Gasteiger partial charge >= 0.3 is 5.97 Å². The molecule has 1 heterocycles. The van der Waals surface area contributed by atoms with Crippen molar-refractivity contribution in [2.45, 2.75) is 11.3 Å². The Kier molecular flexibility index (Phi) is 4.60. The molecule has 1 atom stereocenters. The number of hydrogen-bond acceptors (Lipinski definition) is 5. The van der Waals surface area contributed by atoms with Crippen LogP contribution in [0.5, 0.6) is 0 Å². The molecular weight excluding hydrogens is 299 g/mol. The minimum atomic E-state index is -3.87. The molecule has 2 N–H and O–H groups in total. The molecule has 0 aromatic heterocycles. The minimum absolute atomic E-state index is 0.0989. The second-order valence-corrected chi connectivity index (χ2v) is 6.79. The van der Waals surface area contributed by atoms with E-state index in [1.165, 1.54) is 4.31 Å². The number of ether oxygens (including phenoxy) is 1. The molecule has 8 heteroatoms. The highest BCUT2D eigenvalue weighted by Gasteiger charge is 2.34. The van der Waals surface area contributed by atoms with Gasteiger partial charge in [0.2, 0.25) is 10.0 Å². The Morgan fingerprint density at radius 2 is 2.24 bits per heavy atom. The topological polar surface area (TPSA) is 89.7 Å². The zero-order valence-corrected chi connectivity index (χ0v) is 12.4. The van der Waals surface area contributed by atoms with E-state index in [9.17, 15) is 17.6 Å². The van der Waals surface area contributed by atoms with E-state index >= 15 is 0 Å². The molecular formula is C13H17FN2O4S. The summed E-state index contributed by atoms with van der Waals surface area (Å²) in [6, 6.07) is 2.97. The van der Waals surface area contributed by atoms with Crippen LogP contribution in [-0.4, -0.2) is 45.4 Å².